The van der Waals surface area contributed by atoms with Crippen LogP contribution in [0.15, 0.2) is 36.4 Å². The molecule has 0 spiro atoms. The Labute approximate surface area is 124 Å². The molecular weight excluding hydrogens is 264 g/mol. The lowest BCUT2D eigenvalue weighted by Gasteiger charge is -2.31. The lowest BCUT2D eigenvalue weighted by atomic mass is 9.96. The van der Waals surface area contributed by atoms with Gasteiger partial charge in [0.1, 0.15) is 0 Å². The van der Waals surface area contributed by atoms with Gasteiger partial charge in [0.25, 0.3) is 0 Å². The molecule has 2 aromatic rings. The van der Waals surface area contributed by atoms with Crippen LogP contribution >= 0.6 is 0 Å². The van der Waals surface area contributed by atoms with Crippen LogP contribution < -0.4 is 4.90 Å². The molecular formula is C17H18N2O2. The van der Waals surface area contributed by atoms with Gasteiger partial charge in [-0.3, -0.25) is 4.98 Å². The normalized spacial score (nSPS) is 13.9. The molecule has 0 unspecified atom stereocenters. The van der Waals surface area contributed by atoms with Gasteiger partial charge in [0.2, 0.25) is 0 Å². The molecule has 4 heteroatoms. The minimum atomic E-state index is -0.845. The maximum absolute atomic E-state index is 11.4. The summed E-state index contributed by atoms with van der Waals surface area (Å²) in [5, 5.41) is 9.32. The number of aromatic nitrogens is 1. The molecule has 3 rings (SSSR count). The van der Waals surface area contributed by atoms with Crippen LogP contribution in [-0.2, 0) is 13.0 Å². The Bertz CT molecular complexity index is 682. The minimum Gasteiger partial charge on any atom is -0.478 e. The molecule has 4 nitrogen and oxygen atoms in total. The molecule has 0 atom stereocenters. The third kappa shape index (κ3) is 2.75. The number of hydrogen-bond acceptors (Lipinski definition) is 3. The molecule has 0 saturated carbocycles. The number of carboxylic acids is 1. The van der Waals surface area contributed by atoms with Crippen LogP contribution in [0, 0.1) is 6.92 Å². The van der Waals surface area contributed by atoms with Crippen molar-refractivity contribution < 1.29 is 9.90 Å². The van der Waals surface area contributed by atoms with E-state index in [9.17, 15) is 9.90 Å². The Morgan fingerprint density at radius 3 is 2.86 bits per heavy atom. The van der Waals surface area contributed by atoms with Crippen LogP contribution in [0.5, 0.6) is 0 Å². The molecule has 0 radical (unpaired) electrons. The van der Waals surface area contributed by atoms with Crippen molar-refractivity contribution in [1.29, 1.82) is 0 Å². The monoisotopic (exact) mass is 282 g/mol. The van der Waals surface area contributed by atoms with E-state index in [0.717, 1.165) is 48.6 Å². The van der Waals surface area contributed by atoms with Gasteiger partial charge in [0, 0.05) is 17.9 Å². The van der Waals surface area contributed by atoms with Crippen molar-refractivity contribution in [2.75, 3.05) is 11.4 Å². The van der Waals surface area contributed by atoms with E-state index in [-0.39, 0.29) is 0 Å². The quantitative estimate of drug-likeness (QED) is 0.940. The molecule has 0 saturated heterocycles. The molecule has 1 aliphatic heterocycles. The SMILES string of the molecule is Cc1cccc(CN2CCCc3c(C(=O)O)cccc32)n1. The third-order valence-electron chi connectivity index (χ3n) is 3.88. The van der Waals surface area contributed by atoms with Crippen molar-refractivity contribution in [2.24, 2.45) is 0 Å². The zero-order chi connectivity index (χ0) is 14.8. The lowest BCUT2D eigenvalue weighted by molar-refractivity contribution is 0.0695. The summed E-state index contributed by atoms with van der Waals surface area (Å²) in [6.45, 7) is 3.64. The number of carbonyl (C=O) groups is 1. The largest absolute Gasteiger partial charge is 0.478 e. The van der Waals surface area contributed by atoms with Crippen molar-refractivity contribution in [1.82, 2.24) is 4.98 Å². The van der Waals surface area contributed by atoms with Gasteiger partial charge < -0.3 is 10.0 Å². The van der Waals surface area contributed by atoms with Gasteiger partial charge in [-0.1, -0.05) is 12.1 Å². The molecule has 0 fully saturated rings. The maximum atomic E-state index is 11.4. The summed E-state index contributed by atoms with van der Waals surface area (Å²) in [4.78, 5) is 18.1. The van der Waals surface area contributed by atoms with Crippen LogP contribution in [0.3, 0.4) is 0 Å². The fourth-order valence-corrected chi connectivity index (χ4v) is 2.95. The first-order valence-electron chi connectivity index (χ1n) is 7.18. The Hall–Kier alpha value is -2.36. The van der Waals surface area contributed by atoms with E-state index < -0.39 is 5.97 Å². The predicted octanol–water partition coefficient (Wildman–Crippen LogP) is 3.04. The Kier molecular flexibility index (Phi) is 3.60. The minimum absolute atomic E-state index is 0.425. The molecule has 0 aliphatic carbocycles. The molecule has 21 heavy (non-hydrogen) atoms. The highest BCUT2D eigenvalue weighted by Crippen LogP contribution is 2.30. The Morgan fingerprint density at radius 1 is 1.29 bits per heavy atom. The summed E-state index contributed by atoms with van der Waals surface area (Å²) in [6, 6.07) is 11.5. The number of benzene rings is 1. The van der Waals surface area contributed by atoms with Gasteiger partial charge in [-0.05, 0) is 49.6 Å². The van der Waals surface area contributed by atoms with Crippen molar-refractivity contribution >= 4 is 11.7 Å². The summed E-state index contributed by atoms with van der Waals surface area (Å²) in [6.07, 6.45) is 1.80. The van der Waals surface area contributed by atoms with E-state index in [2.05, 4.69) is 9.88 Å². The number of fused-ring (bicyclic) bond motifs is 1. The molecule has 0 bridgehead atoms. The smallest absolute Gasteiger partial charge is 0.336 e. The standard InChI is InChI=1S/C17H18N2O2/c1-12-5-2-6-13(18-12)11-19-10-4-8-14-15(17(20)21)7-3-9-16(14)19/h2-3,5-7,9H,4,8,10-11H2,1H3,(H,20,21). The highest BCUT2D eigenvalue weighted by molar-refractivity contribution is 5.91. The molecule has 1 aromatic carbocycles. The molecule has 1 aromatic heterocycles. The predicted molar refractivity (Wildman–Crippen MR) is 81.7 cm³/mol. The summed E-state index contributed by atoms with van der Waals surface area (Å²) in [7, 11) is 0. The van der Waals surface area contributed by atoms with Gasteiger partial charge in [0.05, 0.1) is 17.8 Å². The number of aromatic carboxylic acids is 1. The van der Waals surface area contributed by atoms with Crippen LogP contribution in [0.25, 0.3) is 0 Å². The van der Waals surface area contributed by atoms with Crippen LogP contribution in [0.1, 0.15) is 33.7 Å². The Balaban J connectivity index is 1.94. The van der Waals surface area contributed by atoms with Crippen LogP contribution in [0.2, 0.25) is 0 Å². The fraction of sp³-hybridized carbons (Fsp3) is 0.294. The van der Waals surface area contributed by atoms with Crippen LogP contribution in [-0.4, -0.2) is 22.6 Å². The zero-order valence-corrected chi connectivity index (χ0v) is 12.0. The number of aryl methyl sites for hydroxylation is 1. The van der Waals surface area contributed by atoms with Gasteiger partial charge in [-0.2, -0.15) is 0 Å². The van der Waals surface area contributed by atoms with Crippen molar-refractivity contribution in [2.45, 2.75) is 26.3 Å². The van der Waals surface area contributed by atoms with Gasteiger partial charge in [-0.25, -0.2) is 4.79 Å². The second-order valence-corrected chi connectivity index (χ2v) is 5.40. The second-order valence-electron chi connectivity index (χ2n) is 5.40. The zero-order valence-electron chi connectivity index (χ0n) is 12.0. The van der Waals surface area contributed by atoms with E-state index >= 15 is 0 Å². The number of carboxylic acid groups (broad SMARTS) is 1. The average Bonchev–Trinajstić information content (AvgIpc) is 2.47. The Morgan fingerprint density at radius 2 is 2.10 bits per heavy atom. The molecule has 0 amide bonds. The van der Waals surface area contributed by atoms with Crippen molar-refractivity contribution in [3.8, 4) is 0 Å². The maximum Gasteiger partial charge on any atom is 0.336 e. The van der Waals surface area contributed by atoms with E-state index in [4.69, 9.17) is 0 Å². The summed E-state index contributed by atoms with van der Waals surface area (Å²) in [5.41, 5.74) is 4.43. The van der Waals surface area contributed by atoms with E-state index in [1.807, 2.05) is 37.3 Å². The average molecular weight is 282 g/mol. The first-order valence-corrected chi connectivity index (χ1v) is 7.18. The number of nitrogens with zero attached hydrogens (tertiary/aromatic N) is 2. The number of rotatable bonds is 3. The molecule has 108 valence electrons. The first kappa shape index (κ1) is 13.6. The fourth-order valence-electron chi connectivity index (χ4n) is 2.95. The summed E-state index contributed by atoms with van der Waals surface area (Å²) >= 11 is 0. The first-order chi connectivity index (χ1) is 10.1. The highest BCUT2D eigenvalue weighted by Gasteiger charge is 2.22. The van der Waals surface area contributed by atoms with Crippen LogP contribution in [0.4, 0.5) is 5.69 Å². The molecule has 1 N–H and O–H groups in total. The topological polar surface area (TPSA) is 53.4 Å². The molecule has 1 aliphatic rings. The van der Waals surface area contributed by atoms with Gasteiger partial charge >= 0.3 is 5.97 Å². The number of hydrogen-bond donors (Lipinski definition) is 1. The van der Waals surface area contributed by atoms with Gasteiger partial charge in [-0.15, -0.1) is 0 Å². The number of anilines is 1. The lowest BCUT2D eigenvalue weighted by Crippen LogP contribution is -2.30. The van der Waals surface area contributed by atoms with Gasteiger partial charge in [0.15, 0.2) is 0 Å². The third-order valence-corrected chi connectivity index (χ3v) is 3.88. The number of pyridine rings is 1. The van der Waals surface area contributed by atoms with E-state index in [1.165, 1.54) is 0 Å². The van der Waals surface area contributed by atoms with Crippen molar-refractivity contribution in [3.05, 3.63) is 58.9 Å². The van der Waals surface area contributed by atoms with E-state index in [1.54, 1.807) is 6.07 Å². The van der Waals surface area contributed by atoms with E-state index in [0.29, 0.717) is 5.56 Å². The second kappa shape index (κ2) is 5.56. The summed E-state index contributed by atoms with van der Waals surface area (Å²) in [5.74, 6) is -0.845. The molecule has 2 heterocycles. The summed E-state index contributed by atoms with van der Waals surface area (Å²) < 4.78 is 0. The highest BCUT2D eigenvalue weighted by atomic mass is 16.4. The van der Waals surface area contributed by atoms with Crippen molar-refractivity contribution in [3.63, 3.8) is 0 Å².